The first-order chi connectivity index (χ1) is 17.0. The first-order valence-corrected chi connectivity index (χ1v) is 11.0. The lowest BCUT2D eigenvalue weighted by Crippen LogP contribution is -2.37. The van der Waals surface area contributed by atoms with E-state index in [0.717, 1.165) is 0 Å². The topological polar surface area (TPSA) is 105 Å². The molecular weight excluding hydrogens is 479 g/mol. The van der Waals surface area contributed by atoms with Crippen molar-refractivity contribution in [3.05, 3.63) is 89.6 Å². The Morgan fingerprint density at radius 3 is 2.31 bits per heavy atom. The van der Waals surface area contributed by atoms with E-state index in [-0.39, 0.29) is 28.5 Å². The van der Waals surface area contributed by atoms with Gasteiger partial charge in [-0.25, -0.2) is 28.9 Å². The second kappa shape index (κ2) is 9.77. The molecule has 1 aliphatic heterocycles. The minimum Gasteiger partial charge on any atom is -0.459 e. The molecule has 1 fully saturated rings. The number of carbonyl (C=O) groups is 2. The van der Waals surface area contributed by atoms with Crippen molar-refractivity contribution >= 4 is 34.7 Å². The summed E-state index contributed by atoms with van der Waals surface area (Å²) in [6.45, 7) is -0.347. The quantitative estimate of drug-likeness (QED) is 0.293. The van der Waals surface area contributed by atoms with Gasteiger partial charge in [-0.05, 0) is 24.3 Å². The largest absolute Gasteiger partial charge is 0.459 e. The van der Waals surface area contributed by atoms with E-state index in [9.17, 15) is 9.59 Å². The number of hydrogen-bond acceptors (Lipinski definition) is 8. The Kier molecular flexibility index (Phi) is 6.39. The fourth-order valence-corrected chi connectivity index (χ4v) is 3.96. The van der Waals surface area contributed by atoms with Crippen molar-refractivity contribution in [1.29, 1.82) is 0 Å². The molecule has 5 rings (SSSR count). The molecule has 2 aromatic heterocycles. The van der Waals surface area contributed by atoms with Gasteiger partial charge in [0.05, 0.1) is 17.5 Å². The van der Waals surface area contributed by atoms with Crippen LogP contribution < -0.4 is 0 Å². The summed E-state index contributed by atoms with van der Waals surface area (Å²) in [7, 11) is 0. The minimum absolute atomic E-state index is 0.0996. The van der Waals surface area contributed by atoms with Gasteiger partial charge in [-0.3, -0.25) is 4.57 Å². The number of halogens is 2. The number of ether oxygens (including phenoxy) is 3. The molecular formula is C24H18ClFN4O5. The number of fused-ring (bicyclic) bond motifs is 1. The molecule has 9 nitrogen and oxygen atoms in total. The maximum atomic E-state index is 15.8. The van der Waals surface area contributed by atoms with E-state index in [2.05, 4.69) is 15.0 Å². The average molecular weight is 497 g/mol. The van der Waals surface area contributed by atoms with Crippen molar-refractivity contribution in [2.75, 3.05) is 6.61 Å². The number of aromatic nitrogens is 4. The van der Waals surface area contributed by atoms with Crippen molar-refractivity contribution in [2.45, 2.75) is 24.6 Å². The summed E-state index contributed by atoms with van der Waals surface area (Å²) >= 11 is 6.06. The Morgan fingerprint density at radius 1 is 0.971 bits per heavy atom. The molecule has 4 unspecified atom stereocenters. The second-order valence-electron chi connectivity index (χ2n) is 7.70. The maximum Gasteiger partial charge on any atom is 0.338 e. The molecule has 3 heterocycles. The van der Waals surface area contributed by atoms with Crippen LogP contribution in [0.25, 0.3) is 11.2 Å². The van der Waals surface area contributed by atoms with Gasteiger partial charge >= 0.3 is 11.9 Å². The van der Waals surface area contributed by atoms with Crippen molar-refractivity contribution in [2.24, 2.45) is 0 Å². The van der Waals surface area contributed by atoms with Gasteiger partial charge in [-0.2, -0.15) is 0 Å². The Labute approximate surface area is 203 Å². The predicted octanol–water partition coefficient (Wildman–Crippen LogP) is 3.80. The zero-order valence-corrected chi connectivity index (χ0v) is 18.8. The average Bonchev–Trinajstić information content (AvgIpc) is 3.45. The van der Waals surface area contributed by atoms with Gasteiger partial charge in [0.25, 0.3) is 0 Å². The Morgan fingerprint density at radius 2 is 1.63 bits per heavy atom. The number of hydrogen-bond donors (Lipinski definition) is 0. The Hall–Kier alpha value is -3.89. The SMILES string of the molecule is O=C(OCC1OC(n2cnc3c(Cl)ncnc32)C(F)C1OC(=O)c1ccccc1)c1ccccc1. The van der Waals surface area contributed by atoms with E-state index < -0.39 is 36.5 Å². The van der Waals surface area contributed by atoms with Crippen LogP contribution in [0.1, 0.15) is 26.9 Å². The third-order valence-corrected chi connectivity index (χ3v) is 5.77. The van der Waals surface area contributed by atoms with Crippen molar-refractivity contribution in [3.8, 4) is 0 Å². The van der Waals surface area contributed by atoms with Gasteiger partial charge in [0.2, 0.25) is 0 Å². The summed E-state index contributed by atoms with van der Waals surface area (Å²) in [6.07, 6.45) is -3.01. The van der Waals surface area contributed by atoms with Gasteiger partial charge in [0, 0.05) is 0 Å². The number of benzene rings is 2. The fourth-order valence-electron chi connectivity index (χ4n) is 3.78. The highest BCUT2D eigenvalue weighted by Gasteiger charge is 2.49. The molecule has 0 radical (unpaired) electrons. The second-order valence-corrected chi connectivity index (χ2v) is 8.06. The van der Waals surface area contributed by atoms with Crippen LogP contribution >= 0.6 is 11.6 Å². The number of esters is 2. The first-order valence-electron chi connectivity index (χ1n) is 10.6. The third kappa shape index (κ3) is 4.58. The van der Waals surface area contributed by atoms with Crippen molar-refractivity contribution < 1.29 is 28.2 Å². The van der Waals surface area contributed by atoms with Gasteiger partial charge < -0.3 is 14.2 Å². The summed E-state index contributed by atoms with van der Waals surface area (Å²) in [5.74, 6) is -1.35. The van der Waals surface area contributed by atoms with Gasteiger partial charge in [-0.1, -0.05) is 48.0 Å². The molecule has 1 aliphatic rings. The summed E-state index contributed by atoms with van der Waals surface area (Å²) in [5, 5.41) is 0.0996. The van der Waals surface area contributed by atoms with Crippen LogP contribution in [0.3, 0.4) is 0 Å². The summed E-state index contributed by atoms with van der Waals surface area (Å²) < 4.78 is 33.8. The lowest BCUT2D eigenvalue weighted by atomic mass is 10.1. The van der Waals surface area contributed by atoms with E-state index in [1.165, 1.54) is 17.2 Å². The molecule has 4 atom stereocenters. The van der Waals surface area contributed by atoms with E-state index >= 15 is 4.39 Å². The summed E-state index contributed by atoms with van der Waals surface area (Å²) in [6, 6.07) is 16.5. The maximum absolute atomic E-state index is 15.8. The molecule has 0 bridgehead atoms. The molecule has 0 N–H and O–H groups in total. The zero-order valence-electron chi connectivity index (χ0n) is 18.0. The molecule has 0 aliphatic carbocycles. The summed E-state index contributed by atoms with van der Waals surface area (Å²) in [5.41, 5.74) is 1.08. The van der Waals surface area contributed by atoms with Crippen molar-refractivity contribution in [1.82, 2.24) is 19.5 Å². The third-order valence-electron chi connectivity index (χ3n) is 5.50. The smallest absolute Gasteiger partial charge is 0.338 e. The molecule has 11 heteroatoms. The number of imidazole rings is 1. The minimum atomic E-state index is -1.82. The molecule has 0 amide bonds. The van der Waals surface area contributed by atoms with Gasteiger partial charge in [-0.15, -0.1) is 0 Å². The van der Waals surface area contributed by atoms with Crippen LogP contribution in [0.15, 0.2) is 73.3 Å². The van der Waals surface area contributed by atoms with Crippen LogP contribution in [0.2, 0.25) is 5.15 Å². The number of alkyl halides is 1. The number of nitrogens with zero attached hydrogens (tertiary/aromatic N) is 4. The van der Waals surface area contributed by atoms with Crippen LogP contribution in [0.4, 0.5) is 4.39 Å². The van der Waals surface area contributed by atoms with Crippen LogP contribution in [-0.4, -0.2) is 56.4 Å². The summed E-state index contributed by atoms with van der Waals surface area (Å²) in [4.78, 5) is 37.2. The molecule has 178 valence electrons. The first kappa shape index (κ1) is 22.9. The van der Waals surface area contributed by atoms with Gasteiger partial charge in [0.15, 0.2) is 29.3 Å². The standard InChI is InChI=1S/C24H18ClFN4O5/c25-20-18-21(28-12-27-20)30(13-29-18)22-17(26)19(35-24(32)15-9-5-2-6-10-15)16(34-22)11-33-23(31)14-7-3-1-4-8-14/h1-10,12-13,16-17,19,22H,11H2. The lowest BCUT2D eigenvalue weighted by Gasteiger charge is -2.19. The van der Waals surface area contributed by atoms with Crippen LogP contribution in [-0.2, 0) is 14.2 Å². The van der Waals surface area contributed by atoms with E-state index in [1.54, 1.807) is 60.7 Å². The molecule has 2 aromatic carbocycles. The Bertz CT molecular complexity index is 1350. The predicted molar refractivity (Wildman–Crippen MR) is 122 cm³/mol. The van der Waals surface area contributed by atoms with E-state index in [0.29, 0.717) is 5.56 Å². The molecule has 1 saturated heterocycles. The zero-order chi connectivity index (χ0) is 24.4. The Balaban J connectivity index is 1.40. The highest BCUT2D eigenvalue weighted by atomic mass is 35.5. The highest BCUT2D eigenvalue weighted by molar-refractivity contribution is 6.33. The number of carbonyl (C=O) groups excluding carboxylic acids is 2. The molecule has 0 spiro atoms. The lowest BCUT2D eigenvalue weighted by molar-refractivity contribution is -0.0570. The van der Waals surface area contributed by atoms with E-state index in [4.69, 9.17) is 25.8 Å². The van der Waals surface area contributed by atoms with Crippen molar-refractivity contribution in [3.63, 3.8) is 0 Å². The molecule has 4 aromatic rings. The molecule has 35 heavy (non-hydrogen) atoms. The van der Waals surface area contributed by atoms with Gasteiger partial charge in [0.1, 0.15) is 24.6 Å². The monoisotopic (exact) mass is 496 g/mol. The van der Waals surface area contributed by atoms with Crippen LogP contribution in [0, 0.1) is 0 Å². The molecule has 0 saturated carbocycles. The normalized spacial score (nSPS) is 21.7. The van der Waals surface area contributed by atoms with Crippen LogP contribution in [0.5, 0.6) is 0 Å². The number of rotatable bonds is 6. The highest BCUT2D eigenvalue weighted by Crippen LogP contribution is 2.36. The van der Waals surface area contributed by atoms with E-state index in [1.807, 2.05) is 0 Å². The fraction of sp³-hybridized carbons (Fsp3) is 0.208.